The topological polar surface area (TPSA) is 80.3 Å². The number of rotatable bonds is 8. The van der Waals surface area contributed by atoms with E-state index in [1.807, 2.05) is 0 Å². The summed E-state index contributed by atoms with van der Waals surface area (Å²) in [4.78, 5) is 35.8. The lowest BCUT2D eigenvalue weighted by Gasteiger charge is -2.36. The first-order valence-electron chi connectivity index (χ1n) is 10.3. The number of carbonyl (C=O) groups is 2. The fraction of sp³-hybridized carbons (Fsp3) is 0.650. The SMILES string of the molecule is CN(C)C(=O)CN=C(NCCc1cccs1)N1CCN(CC(=O)NC2CC2)CC1.I. The first-order chi connectivity index (χ1) is 14.0. The molecule has 1 aromatic heterocycles. The summed E-state index contributed by atoms with van der Waals surface area (Å²) in [5.41, 5.74) is 0. The minimum atomic E-state index is -0.0158. The Morgan fingerprint density at radius 3 is 2.57 bits per heavy atom. The number of nitrogens with zero attached hydrogens (tertiary/aromatic N) is 4. The van der Waals surface area contributed by atoms with E-state index in [2.05, 4.69) is 42.9 Å². The second-order valence-electron chi connectivity index (χ2n) is 7.79. The number of carbonyl (C=O) groups excluding carboxylic acids is 2. The number of hydrogen-bond acceptors (Lipinski definition) is 5. The number of piperazine rings is 1. The molecule has 30 heavy (non-hydrogen) atoms. The number of aliphatic imine (C=N–C) groups is 1. The van der Waals surface area contributed by atoms with Gasteiger partial charge >= 0.3 is 0 Å². The van der Waals surface area contributed by atoms with Crippen LogP contribution in [0, 0.1) is 0 Å². The van der Waals surface area contributed by atoms with Crippen molar-refractivity contribution in [2.75, 3.05) is 59.9 Å². The van der Waals surface area contributed by atoms with E-state index in [0.717, 1.165) is 57.9 Å². The van der Waals surface area contributed by atoms with E-state index < -0.39 is 0 Å². The Labute approximate surface area is 200 Å². The number of nitrogens with one attached hydrogen (secondary N) is 2. The molecular formula is C20H33IN6O2S. The molecule has 1 aliphatic heterocycles. The smallest absolute Gasteiger partial charge is 0.243 e. The van der Waals surface area contributed by atoms with Gasteiger partial charge in [-0.05, 0) is 30.7 Å². The Morgan fingerprint density at radius 2 is 1.97 bits per heavy atom. The normalized spacial score (nSPS) is 17.3. The molecule has 0 bridgehead atoms. The van der Waals surface area contributed by atoms with Crippen molar-refractivity contribution >= 4 is 53.1 Å². The highest BCUT2D eigenvalue weighted by molar-refractivity contribution is 14.0. The first kappa shape index (κ1) is 24.9. The predicted molar refractivity (Wildman–Crippen MR) is 132 cm³/mol. The summed E-state index contributed by atoms with van der Waals surface area (Å²) in [5.74, 6) is 0.886. The lowest BCUT2D eigenvalue weighted by Crippen LogP contribution is -2.54. The first-order valence-corrected chi connectivity index (χ1v) is 11.2. The quantitative estimate of drug-likeness (QED) is 0.286. The third kappa shape index (κ3) is 8.38. The average Bonchev–Trinajstić information content (AvgIpc) is 3.35. The number of thiophene rings is 1. The summed E-state index contributed by atoms with van der Waals surface area (Å²) in [5, 5.41) is 8.56. The largest absolute Gasteiger partial charge is 0.356 e. The molecule has 2 amide bonds. The highest BCUT2D eigenvalue weighted by Crippen LogP contribution is 2.18. The monoisotopic (exact) mass is 548 g/mol. The fourth-order valence-electron chi connectivity index (χ4n) is 3.13. The molecule has 1 aromatic rings. The lowest BCUT2D eigenvalue weighted by atomic mass is 10.3. The van der Waals surface area contributed by atoms with Gasteiger partial charge < -0.3 is 20.4 Å². The van der Waals surface area contributed by atoms with Crippen LogP contribution in [0.4, 0.5) is 0 Å². The van der Waals surface area contributed by atoms with E-state index in [0.29, 0.717) is 12.6 Å². The van der Waals surface area contributed by atoms with Gasteiger partial charge in [-0.1, -0.05) is 6.07 Å². The number of likely N-dealkylation sites (N-methyl/N-ethyl adjacent to an activating group) is 1. The Morgan fingerprint density at radius 1 is 1.23 bits per heavy atom. The van der Waals surface area contributed by atoms with Crippen LogP contribution in [0.5, 0.6) is 0 Å². The lowest BCUT2D eigenvalue weighted by molar-refractivity contribution is -0.127. The third-order valence-electron chi connectivity index (χ3n) is 5.08. The van der Waals surface area contributed by atoms with Crippen LogP contribution in [0.25, 0.3) is 0 Å². The van der Waals surface area contributed by atoms with Crippen LogP contribution in [-0.2, 0) is 16.0 Å². The van der Waals surface area contributed by atoms with E-state index >= 15 is 0 Å². The van der Waals surface area contributed by atoms with Gasteiger partial charge in [-0.25, -0.2) is 4.99 Å². The van der Waals surface area contributed by atoms with Gasteiger partial charge in [0.05, 0.1) is 6.54 Å². The van der Waals surface area contributed by atoms with Gasteiger partial charge in [0.15, 0.2) is 5.96 Å². The van der Waals surface area contributed by atoms with Crippen molar-refractivity contribution in [2.45, 2.75) is 25.3 Å². The highest BCUT2D eigenvalue weighted by atomic mass is 127. The second kappa shape index (κ2) is 12.5. The Bertz CT molecular complexity index is 700. The second-order valence-corrected chi connectivity index (χ2v) is 8.82. The number of halogens is 1. The predicted octanol–water partition coefficient (Wildman–Crippen LogP) is 0.839. The molecule has 2 fully saturated rings. The molecule has 10 heteroatoms. The summed E-state index contributed by atoms with van der Waals surface area (Å²) in [6, 6.07) is 4.59. The van der Waals surface area contributed by atoms with E-state index in [4.69, 9.17) is 0 Å². The molecule has 2 heterocycles. The Balaban J connectivity index is 0.00000320. The van der Waals surface area contributed by atoms with Crippen LogP contribution in [0.15, 0.2) is 22.5 Å². The third-order valence-corrected chi connectivity index (χ3v) is 6.02. The molecule has 0 atom stereocenters. The molecule has 3 rings (SSSR count). The minimum absolute atomic E-state index is 0. The fourth-order valence-corrected chi connectivity index (χ4v) is 3.83. The average molecular weight is 548 g/mol. The summed E-state index contributed by atoms with van der Waals surface area (Å²) < 4.78 is 0. The van der Waals surface area contributed by atoms with Crippen molar-refractivity contribution in [3.8, 4) is 0 Å². The molecule has 0 unspecified atom stereocenters. The van der Waals surface area contributed by atoms with Crippen LogP contribution in [0.3, 0.4) is 0 Å². The van der Waals surface area contributed by atoms with E-state index in [1.165, 1.54) is 4.88 Å². The molecule has 0 aromatic carbocycles. The van der Waals surface area contributed by atoms with Gasteiger partial charge in [0.2, 0.25) is 11.8 Å². The van der Waals surface area contributed by atoms with E-state index in [9.17, 15) is 9.59 Å². The molecule has 1 saturated carbocycles. The standard InChI is InChI=1S/C20H32N6O2S.HI/c1-24(2)19(28)14-22-20(21-8-7-17-4-3-13-29-17)26-11-9-25(10-12-26)15-18(27)23-16-5-6-16;/h3-4,13,16H,5-12,14-15H2,1-2H3,(H,21,22)(H,23,27);1H. The van der Waals surface area contributed by atoms with Crippen LogP contribution in [0.2, 0.25) is 0 Å². The molecule has 8 nitrogen and oxygen atoms in total. The summed E-state index contributed by atoms with van der Waals surface area (Å²) in [6.07, 6.45) is 3.16. The van der Waals surface area contributed by atoms with Crippen molar-refractivity contribution in [3.05, 3.63) is 22.4 Å². The van der Waals surface area contributed by atoms with E-state index in [1.54, 1.807) is 30.3 Å². The Hall–Kier alpha value is -1.40. The van der Waals surface area contributed by atoms with Crippen LogP contribution in [0.1, 0.15) is 17.7 Å². The van der Waals surface area contributed by atoms with Crippen LogP contribution < -0.4 is 10.6 Å². The van der Waals surface area contributed by atoms with Crippen molar-refractivity contribution in [2.24, 2.45) is 4.99 Å². The minimum Gasteiger partial charge on any atom is -0.356 e. The van der Waals surface area contributed by atoms with Gasteiger partial charge in [0, 0.05) is 57.7 Å². The molecule has 0 radical (unpaired) electrons. The maximum atomic E-state index is 12.0. The number of guanidine groups is 1. The number of hydrogen-bond donors (Lipinski definition) is 2. The van der Waals surface area contributed by atoms with Gasteiger partial charge in [-0.3, -0.25) is 14.5 Å². The van der Waals surface area contributed by atoms with Crippen molar-refractivity contribution in [1.82, 2.24) is 25.3 Å². The molecule has 1 aliphatic carbocycles. The molecular weight excluding hydrogens is 515 g/mol. The van der Waals surface area contributed by atoms with Crippen LogP contribution >= 0.6 is 35.3 Å². The molecule has 0 spiro atoms. The maximum absolute atomic E-state index is 12.0. The molecule has 2 N–H and O–H groups in total. The number of amides is 2. The van der Waals surface area contributed by atoms with Gasteiger partial charge in [0.1, 0.15) is 6.54 Å². The zero-order valence-corrected chi connectivity index (χ0v) is 20.9. The van der Waals surface area contributed by atoms with Crippen LogP contribution in [-0.4, -0.2) is 98.4 Å². The maximum Gasteiger partial charge on any atom is 0.243 e. The molecule has 2 aliphatic rings. The summed E-state index contributed by atoms with van der Waals surface area (Å²) in [7, 11) is 3.49. The summed E-state index contributed by atoms with van der Waals surface area (Å²) in [6.45, 7) is 4.58. The summed E-state index contributed by atoms with van der Waals surface area (Å²) >= 11 is 1.75. The van der Waals surface area contributed by atoms with Crippen molar-refractivity contribution < 1.29 is 9.59 Å². The van der Waals surface area contributed by atoms with Gasteiger partial charge in [-0.2, -0.15) is 0 Å². The van der Waals surface area contributed by atoms with Gasteiger partial charge in [0.25, 0.3) is 0 Å². The van der Waals surface area contributed by atoms with Gasteiger partial charge in [-0.15, -0.1) is 35.3 Å². The Kier molecular flexibility index (Phi) is 10.3. The molecule has 168 valence electrons. The highest BCUT2D eigenvalue weighted by Gasteiger charge is 2.26. The van der Waals surface area contributed by atoms with E-state index in [-0.39, 0.29) is 42.3 Å². The zero-order valence-electron chi connectivity index (χ0n) is 17.8. The zero-order chi connectivity index (χ0) is 20.6. The van der Waals surface area contributed by atoms with Crippen molar-refractivity contribution in [1.29, 1.82) is 0 Å². The molecule has 1 saturated heterocycles. The van der Waals surface area contributed by atoms with Crippen molar-refractivity contribution in [3.63, 3.8) is 0 Å².